The second-order valence-electron chi connectivity index (χ2n) is 6.25. The van der Waals surface area contributed by atoms with E-state index in [-0.39, 0.29) is 11.5 Å². The van der Waals surface area contributed by atoms with Crippen molar-refractivity contribution in [1.29, 1.82) is 0 Å². The molecule has 0 bridgehead atoms. The minimum Gasteiger partial charge on any atom is -0.387 e. The summed E-state index contributed by atoms with van der Waals surface area (Å²) in [5.41, 5.74) is 4.73. The van der Waals surface area contributed by atoms with Gasteiger partial charge in [-0.1, -0.05) is 17.5 Å². The molecule has 0 radical (unpaired) electrons. The van der Waals surface area contributed by atoms with Gasteiger partial charge >= 0.3 is 29.2 Å². The molecular weight excluding hydrogens is 523 g/mol. The number of nitrogen functional groups attached to an aromatic ring is 1. The molecule has 7 N–H and O–H groups in total. The first-order valence-corrected chi connectivity index (χ1v) is 12.9. The summed E-state index contributed by atoms with van der Waals surface area (Å²) in [7, 11) is -16.8. The molecule has 20 heteroatoms. The Morgan fingerprint density at radius 2 is 1.91 bits per heavy atom. The largest absolute Gasteiger partial charge is 0.490 e. The van der Waals surface area contributed by atoms with Crippen LogP contribution in [0.5, 0.6) is 0 Å². The van der Waals surface area contributed by atoms with Gasteiger partial charge in [0.15, 0.2) is 11.1 Å². The Kier molecular flexibility index (Phi) is 7.83. The quantitative estimate of drug-likeness (QED) is 0.136. The van der Waals surface area contributed by atoms with Gasteiger partial charge in [-0.3, -0.25) is 9.09 Å². The van der Waals surface area contributed by atoms with Crippen molar-refractivity contribution in [2.45, 2.75) is 30.2 Å². The summed E-state index contributed by atoms with van der Waals surface area (Å²) >= 11 is 6.27. The Morgan fingerprint density at radius 3 is 2.41 bits per heavy atom. The van der Waals surface area contributed by atoms with Crippen LogP contribution in [0, 0.1) is 19.3 Å². The van der Waals surface area contributed by atoms with E-state index >= 15 is 0 Å². The number of aliphatic hydroxyl groups is 1. The van der Waals surface area contributed by atoms with E-state index in [0.29, 0.717) is 0 Å². The van der Waals surface area contributed by atoms with Crippen LogP contribution in [0.4, 0.5) is 5.82 Å². The molecule has 2 heterocycles. The number of phosphoric acid groups is 3. The van der Waals surface area contributed by atoms with Gasteiger partial charge in [-0.2, -0.15) is 13.6 Å². The minimum absolute atomic E-state index is 0.118. The number of nitrogens with zero attached hydrogens (tertiary/aromatic N) is 2. The number of alkyl halides is 1. The van der Waals surface area contributed by atoms with Gasteiger partial charge in [-0.05, 0) is 13.0 Å². The number of ether oxygens (including phenoxy) is 1. The van der Waals surface area contributed by atoms with Gasteiger partial charge in [0.2, 0.25) is 0 Å². The van der Waals surface area contributed by atoms with Crippen LogP contribution in [0.15, 0.2) is 10.9 Å². The van der Waals surface area contributed by atoms with Crippen LogP contribution in [-0.4, -0.2) is 57.9 Å². The van der Waals surface area contributed by atoms with Gasteiger partial charge in [0.25, 0.3) is 0 Å². The number of hydrogen-bond acceptors (Lipinski definition) is 11. The maximum atomic E-state index is 12.3. The molecule has 16 nitrogen and oxygen atoms in total. The summed E-state index contributed by atoms with van der Waals surface area (Å²) in [5.74, 6) is 1.94. The van der Waals surface area contributed by atoms with Crippen LogP contribution in [0.1, 0.15) is 11.9 Å². The first-order valence-electron chi connectivity index (χ1n) is 8.05. The van der Waals surface area contributed by atoms with E-state index in [2.05, 4.69) is 24.0 Å². The zero-order valence-electron chi connectivity index (χ0n) is 15.8. The van der Waals surface area contributed by atoms with Crippen molar-refractivity contribution in [3.8, 4) is 12.3 Å². The Balaban J connectivity index is 2.23. The molecule has 180 valence electrons. The van der Waals surface area contributed by atoms with E-state index in [4.69, 9.17) is 43.2 Å². The van der Waals surface area contributed by atoms with Crippen molar-refractivity contribution in [2.75, 3.05) is 12.3 Å². The minimum atomic E-state index is -5.75. The molecule has 0 amide bonds. The number of rotatable bonds is 8. The van der Waals surface area contributed by atoms with Crippen LogP contribution >= 0.6 is 35.1 Å². The molecule has 1 aromatic rings. The normalized spacial score (nSPS) is 29.8. The predicted octanol–water partition coefficient (Wildman–Crippen LogP) is -0.654. The first-order chi connectivity index (χ1) is 14.4. The second kappa shape index (κ2) is 9.25. The molecule has 1 aromatic heterocycles. The molecule has 6 atom stereocenters. The molecule has 1 saturated heterocycles. The number of terminal acetylenes is 1. The lowest BCUT2D eigenvalue weighted by molar-refractivity contribution is -0.0461. The molecule has 0 aliphatic carbocycles. The highest BCUT2D eigenvalue weighted by Gasteiger charge is 2.57. The Bertz CT molecular complexity index is 1130. The van der Waals surface area contributed by atoms with Gasteiger partial charge < -0.3 is 35.2 Å². The highest BCUT2D eigenvalue weighted by molar-refractivity contribution is 7.66. The molecule has 0 aromatic carbocycles. The van der Waals surface area contributed by atoms with E-state index in [1.54, 1.807) is 0 Å². The van der Waals surface area contributed by atoms with Crippen molar-refractivity contribution >= 4 is 40.9 Å². The number of anilines is 1. The lowest BCUT2D eigenvalue weighted by Gasteiger charge is -2.26. The molecule has 1 aliphatic heterocycles. The van der Waals surface area contributed by atoms with E-state index in [1.165, 1.54) is 13.0 Å². The number of phosphoric ester groups is 1. The van der Waals surface area contributed by atoms with Crippen molar-refractivity contribution < 1.29 is 56.3 Å². The van der Waals surface area contributed by atoms with Crippen LogP contribution in [0.2, 0.25) is 0 Å². The summed E-state index contributed by atoms with van der Waals surface area (Å²) in [6.07, 6.45) is 0.415. The number of aliphatic hydroxyl groups excluding tert-OH is 1. The molecule has 32 heavy (non-hydrogen) atoms. The topological polar surface area (TPSA) is 250 Å². The van der Waals surface area contributed by atoms with E-state index in [9.17, 15) is 28.5 Å². The highest BCUT2D eigenvalue weighted by Crippen LogP contribution is 2.66. The third-order valence-corrected chi connectivity index (χ3v) is 8.21. The molecule has 2 rings (SSSR count). The van der Waals surface area contributed by atoms with Gasteiger partial charge in [-0.25, -0.2) is 18.5 Å². The summed E-state index contributed by atoms with van der Waals surface area (Å²) in [6.45, 7) is 0.385. The molecule has 1 fully saturated rings. The fourth-order valence-electron chi connectivity index (χ4n) is 2.68. The zero-order chi connectivity index (χ0) is 24.7. The lowest BCUT2D eigenvalue weighted by atomic mass is 9.99. The molecule has 0 spiro atoms. The van der Waals surface area contributed by atoms with Gasteiger partial charge in [-0.15, -0.1) is 6.42 Å². The van der Waals surface area contributed by atoms with E-state index < -0.39 is 59.1 Å². The first kappa shape index (κ1) is 27.1. The molecule has 0 saturated carbocycles. The van der Waals surface area contributed by atoms with Crippen molar-refractivity contribution in [3.05, 3.63) is 22.2 Å². The maximum Gasteiger partial charge on any atom is 0.490 e. The number of nitrogens with two attached hydrogens (primary N) is 1. The predicted molar refractivity (Wildman–Crippen MR) is 105 cm³/mol. The average molecular weight is 540 g/mol. The smallest absolute Gasteiger partial charge is 0.387 e. The number of aromatic nitrogens is 2. The Hall–Kier alpha value is -1.14. The maximum absolute atomic E-state index is 12.3. The fraction of sp³-hybridized carbons (Fsp3) is 0.500. The number of halogens is 1. The third kappa shape index (κ3) is 6.25. The van der Waals surface area contributed by atoms with Crippen molar-refractivity contribution in [3.63, 3.8) is 0 Å². The van der Waals surface area contributed by atoms with Crippen LogP contribution in [0.3, 0.4) is 0 Å². The highest BCUT2D eigenvalue weighted by atomic mass is 35.5. The summed E-state index contributed by atoms with van der Waals surface area (Å²) in [4.78, 5) is 49.4. The second-order valence-corrected chi connectivity index (χ2v) is 11.3. The van der Waals surface area contributed by atoms with E-state index in [1.807, 2.05) is 0 Å². The Morgan fingerprint density at radius 1 is 1.31 bits per heavy atom. The standard InChI is InChI=1S/C12H17ClN3O13P3/c1-3-12(13)9(17)7(27-10(12)16-6(2)4-8(14)15-11(16)18)5-26-31(22,23)29-32(24,25)28-30(19,20)21/h1,4,7,9-10,17H,5H2,2H3,(H,22,23)(H,24,25)(H2,14,15,18)(H2,19,20,21)/t7-,9+,10?,12+/m1/s1. The molecule has 3 unspecified atom stereocenters. The fourth-order valence-corrected chi connectivity index (χ4v) is 6.00. The van der Waals surface area contributed by atoms with E-state index in [0.717, 1.165) is 4.57 Å². The monoisotopic (exact) mass is 539 g/mol. The van der Waals surface area contributed by atoms with Gasteiger partial charge in [0, 0.05) is 5.69 Å². The zero-order valence-corrected chi connectivity index (χ0v) is 19.2. The van der Waals surface area contributed by atoms with Crippen LogP contribution in [-0.2, 0) is 31.6 Å². The molecular formula is C12H17ClN3O13P3. The SMILES string of the molecule is C#C[C@@]1(Cl)C(n2c(C)cc(N)nc2=O)O[C@H](COP(=O)(O)OP(=O)(O)OP(=O)(O)O)[C@@H]1O. The average Bonchev–Trinajstić information content (AvgIpc) is 2.81. The lowest BCUT2D eigenvalue weighted by Crippen LogP contribution is -2.44. The number of aryl methyl sites for hydroxylation is 1. The van der Waals surface area contributed by atoms with Gasteiger partial charge in [0.05, 0.1) is 6.61 Å². The summed E-state index contributed by atoms with van der Waals surface area (Å²) in [5, 5.41) is 10.5. The summed E-state index contributed by atoms with van der Waals surface area (Å²) < 4.78 is 51.7. The number of hydrogen-bond donors (Lipinski definition) is 6. The van der Waals surface area contributed by atoms with Gasteiger partial charge in [0.1, 0.15) is 18.0 Å². The Labute approximate surface area is 184 Å². The van der Waals surface area contributed by atoms with Crippen molar-refractivity contribution in [2.24, 2.45) is 0 Å². The van der Waals surface area contributed by atoms with Crippen molar-refractivity contribution in [1.82, 2.24) is 9.55 Å². The summed E-state index contributed by atoms with van der Waals surface area (Å²) in [6, 6.07) is 1.28. The molecule has 1 aliphatic rings. The third-order valence-electron chi connectivity index (χ3n) is 3.89. The van der Waals surface area contributed by atoms with Crippen LogP contribution < -0.4 is 11.4 Å². The van der Waals surface area contributed by atoms with Crippen LogP contribution in [0.25, 0.3) is 0 Å².